The first-order valence-electron chi connectivity index (χ1n) is 13.1. The maximum Gasteiger partial charge on any atom is 0.346 e. The fraction of sp³-hybridized carbons (Fsp3) is 0.552. The number of carbonyl (C=O) groups excluding carboxylic acids is 1. The second-order valence-corrected chi connectivity index (χ2v) is 8.81. The van der Waals surface area contributed by atoms with E-state index in [1.165, 1.54) is 50.7 Å². The minimum atomic E-state index is -1.28. The van der Waals surface area contributed by atoms with Crippen LogP contribution in [0.25, 0.3) is 0 Å². The average Bonchev–Trinajstić information content (AvgIpc) is 2.86. The highest BCUT2D eigenvalue weighted by Crippen LogP contribution is 2.29. The monoisotopic (exact) mass is 490 g/mol. The van der Waals surface area contributed by atoms with E-state index in [0.29, 0.717) is 19.0 Å². The molecule has 0 N–H and O–H groups in total. The van der Waals surface area contributed by atoms with Gasteiger partial charge >= 0.3 is 5.97 Å². The third kappa shape index (κ3) is 10.3. The Kier molecular flexibility index (Phi) is 13.8. The molecule has 0 aliphatic heterocycles. The van der Waals surface area contributed by atoms with Crippen LogP contribution in [0.2, 0.25) is 0 Å². The van der Waals surface area contributed by atoms with Crippen molar-refractivity contribution in [3.05, 3.63) is 53.6 Å². The van der Waals surface area contributed by atoms with Crippen LogP contribution in [0.3, 0.4) is 0 Å². The van der Waals surface area contributed by atoms with E-state index in [-0.39, 0.29) is 11.5 Å². The third-order valence-electron chi connectivity index (χ3n) is 5.83. The number of esters is 1. The van der Waals surface area contributed by atoms with E-state index in [1.54, 1.807) is 24.3 Å². The lowest BCUT2D eigenvalue weighted by atomic mass is 10.1. The molecule has 2 aromatic rings. The van der Waals surface area contributed by atoms with Gasteiger partial charge in [-0.2, -0.15) is 4.39 Å². The highest BCUT2D eigenvalue weighted by atomic mass is 19.2. The molecule has 0 aliphatic rings. The van der Waals surface area contributed by atoms with E-state index in [1.807, 2.05) is 0 Å². The molecule has 0 spiro atoms. The summed E-state index contributed by atoms with van der Waals surface area (Å²) in [4.78, 5) is 12.6. The number of ether oxygens (including phenoxy) is 3. The van der Waals surface area contributed by atoms with Crippen molar-refractivity contribution in [1.82, 2.24) is 0 Å². The van der Waals surface area contributed by atoms with Gasteiger partial charge in [-0.05, 0) is 37.1 Å². The Balaban J connectivity index is 1.88. The zero-order valence-electron chi connectivity index (χ0n) is 21.3. The number of unbranched alkanes of at least 4 members (excludes halogenated alkanes) is 10. The van der Waals surface area contributed by atoms with E-state index >= 15 is 0 Å². The van der Waals surface area contributed by atoms with Gasteiger partial charge in [-0.15, -0.1) is 0 Å². The smallest absolute Gasteiger partial charge is 0.346 e. The second-order valence-electron chi connectivity index (χ2n) is 8.81. The second kappa shape index (κ2) is 16.9. The molecular weight excluding hydrogens is 450 g/mol. The molecule has 35 heavy (non-hydrogen) atoms. The molecule has 0 bridgehead atoms. The highest BCUT2D eigenvalue weighted by molar-refractivity contribution is 5.91. The molecule has 0 unspecified atom stereocenters. The van der Waals surface area contributed by atoms with Crippen LogP contribution in [0.4, 0.5) is 8.78 Å². The molecule has 2 aromatic carbocycles. The van der Waals surface area contributed by atoms with Crippen LogP contribution < -0.4 is 14.2 Å². The van der Waals surface area contributed by atoms with E-state index in [2.05, 4.69) is 13.8 Å². The number of halogens is 2. The molecule has 0 fully saturated rings. The highest BCUT2D eigenvalue weighted by Gasteiger charge is 2.22. The molecule has 0 aromatic heterocycles. The largest absolute Gasteiger partial charge is 0.490 e. The lowest BCUT2D eigenvalue weighted by Gasteiger charge is -2.13. The minimum Gasteiger partial charge on any atom is -0.490 e. The number of para-hydroxylation sites is 2. The van der Waals surface area contributed by atoms with Gasteiger partial charge in [0.25, 0.3) is 0 Å². The summed E-state index contributed by atoms with van der Waals surface area (Å²) in [6, 6.07) is 9.18. The SMILES string of the molecule is CCCCCCCCOc1ccccc1OC(=O)c1ccc(OCCCCCCCC)c(F)c1F. The quantitative estimate of drug-likeness (QED) is 0.119. The molecule has 194 valence electrons. The van der Waals surface area contributed by atoms with Gasteiger partial charge in [-0.3, -0.25) is 0 Å². The average molecular weight is 491 g/mol. The normalized spacial score (nSPS) is 10.9. The standard InChI is InChI=1S/C29H40F2O4/c1-3-5-7-9-11-15-21-33-24-17-13-14-18-25(24)35-29(32)23-19-20-26(28(31)27(23)30)34-22-16-12-10-8-6-4-2/h13-14,17-20H,3-12,15-16,21-22H2,1-2H3. The van der Waals surface area contributed by atoms with Crippen molar-refractivity contribution in [3.63, 3.8) is 0 Å². The van der Waals surface area contributed by atoms with Crippen molar-refractivity contribution in [3.8, 4) is 17.2 Å². The Morgan fingerprint density at radius 3 is 1.74 bits per heavy atom. The summed E-state index contributed by atoms with van der Waals surface area (Å²) >= 11 is 0. The molecule has 6 heteroatoms. The molecule has 4 nitrogen and oxygen atoms in total. The summed E-state index contributed by atoms with van der Waals surface area (Å²) in [6.07, 6.45) is 13.2. The molecule has 0 atom stereocenters. The lowest BCUT2D eigenvalue weighted by molar-refractivity contribution is 0.0721. The summed E-state index contributed by atoms with van der Waals surface area (Å²) in [5, 5.41) is 0. The fourth-order valence-electron chi connectivity index (χ4n) is 3.74. The zero-order chi connectivity index (χ0) is 25.3. The Morgan fingerprint density at radius 1 is 0.629 bits per heavy atom. The van der Waals surface area contributed by atoms with Gasteiger partial charge in [-0.25, -0.2) is 9.18 Å². The molecule has 0 amide bonds. The van der Waals surface area contributed by atoms with Crippen LogP contribution in [0.1, 0.15) is 101 Å². The first-order chi connectivity index (χ1) is 17.1. The number of hydrogen-bond donors (Lipinski definition) is 0. The molecule has 0 saturated heterocycles. The molecule has 0 aliphatic carbocycles. The van der Waals surface area contributed by atoms with E-state index < -0.39 is 23.2 Å². The Morgan fingerprint density at radius 2 is 1.14 bits per heavy atom. The van der Waals surface area contributed by atoms with E-state index in [9.17, 15) is 13.6 Å². The van der Waals surface area contributed by atoms with Crippen molar-refractivity contribution in [1.29, 1.82) is 0 Å². The van der Waals surface area contributed by atoms with E-state index in [0.717, 1.165) is 38.5 Å². The van der Waals surface area contributed by atoms with Crippen molar-refractivity contribution >= 4 is 5.97 Å². The fourth-order valence-corrected chi connectivity index (χ4v) is 3.74. The van der Waals surface area contributed by atoms with Crippen molar-refractivity contribution in [2.45, 2.75) is 90.9 Å². The summed E-state index contributed by atoms with van der Waals surface area (Å²) in [7, 11) is 0. The predicted molar refractivity (Wildman–Crippen MR) is 136 cm³/mol. The van der Waals surface area contributed by atoms with Gasteiger partial charge in [0.2, 0.25) is 5.82 Å². The van der Waals surface area contributed by atoms with Crippen LogP contribution in [0.5, 0.6) is 17.2 Å². The number of carbonyl (C=O) groups is 1. The first-order valence-corrected chi connectivity index (χ1v) is 13.1. The van der Waals surface area contributed by atoms with Gasteiger partial charge in [-0.1, -0.05) is 90.2 Å². The number of hydrogen-bond acceptors (Lipinski definition) is 4. The van der Waals surface area contributed by atoms with Crippen LogP contribution >= 0.6 is 0 Å². The Bertz CT molecular complexity index is 885. The van der Waals surface area contributed by atoms with Gasteiger partial charge in [0.05, 0.1) is 18.8 Å². The molecule has 0 saturated carbocycles. The van der Waals surface area contributed by atoms with Crippen LogP contribution in [-0.4, -0.2) is 19.2 Å². The summed E-state index contributed by atoms with van der Waals surface area (Å²) in [6.45, 7) is 5.13. The summed E-state index contributed by atoms with van der Waals surface area (Å²) < 4.78 is 45.6. The lowest BCUT2D eigenvalue weighted by Crippen LogP contribution is -2.13. The van der Waals surface area contributed by atoms with Crippen molar-refractivity contribution < 1.29 is 27.8 Å². The first kappa shape index (κ1) is 28.6. The number of rotatable bonds is 18. The van der Waals surface area contributed by atoms with Crippen molar-refractivity contribution in [2.24, 2.45) is 0 Å². The Labute approximate surface area is 209 Å². The molecule has 2 rings (SSSR count). The van der Waals surface area contributed by atoms with Gasteiger partial charge in [0.15, 0.2) is 23.1 Å². The maximum absolute atomic E-state index is 14.6. The van der Waals surface area contributed by atoms with Crippen LogP contribution in [0, 0.1) is 11.6 Å². The summed E-state index contributed by atoms with van der Waals surface area (Å²) in [5.74, 6) is -3.07. The molecule has 0 radical (unpaired) electrons. The molecule has 0 heterocycles. The minimum absolute atomic E-state index is 0.173. The Hall–Kier alpha value is -2.63. The van der Waals surface area contributed by atoms with Crippen LogP contribution in [0.15, 0.2) is 36.4 Å². The van der Waals surface area contributed by atoms with Gasteiger partial charge < -0.3 is 14.2 Å². The van der Waals surface area contributed by atoms with Gasteiger partial charge in [0.1, 0.15) is 0 Å². The predicted octanol–water partition coefficient (Wildman–Crippen LogP) is 8.66. The van der Waals surface area contributed by atoms with E-state index in [4.69, 9.17) is 14.2 Å². The summed E-state index contributed by atoms with van der Waals surface area (Å²) in [5.41, 5.74) is -0.486. The number of benzene rings is 2. The van der Waals surface area contributed by atoms with Gasteiger partial charge in [0, 0.05) is 0 Å². The maximum atomic E-state index is 14.6. The topological polar surface area (TPSA) is 44.8 Å². The van der Waals surface area contributed by atoms with Crippen molar-refractivity contribution in [2.75, 3.05) is 13.2 Å². The zero-order valence-corrected chi connectivity index (χ0v) is 21.3. The van der Waals surface area contributed by atoms with Crippen LogP contribution in [-0.2, 0) is 0 Å². The molecular formula is C29H40F2O4. The third-order valence-corrected chi connectivity index (χ3v) is 5.83.